The first-order valence-electron chi connectivity index (χ1n) is 7.82. The molecule has 0 aliphatic carbocycles. The zero-order valence-electron chi connectivity index (χ0n) is 13.1. The van der Waals surface area contributed by atoms with Crippen LogP contribution < -0.4 is 15.4 Å². The second-order valence-electron chi connectivity index (χ2n) is 5.74. The zero-order valence-corrected chi connectivity index (χ0v) is 13.1. The van der Waals surface area contributed by atoms with Crippen LogP contribution in [0.25, 0.3) is 0 Å². The van der Waals surface area contributed by atoms with Crippen molar-refractivity contribution in [3.05, 3.63) is 29.8 Å². The Kier molecular flexibility index (Phi) is 5.62. The highest BCUT2D eigenvalue weighted by Gasteiger charge is 2.37. The number of piperidine rings is 1. The molecule has 1 aliphatic heterocycles. The van der Waals surface area contributed by atoms with Crippen LogP contribution >= 0.6 is 0 Å². The van der Waals surface area contributed by atoms with E-state index >= 15 is 0 Å². The maximum atomic E-state index is 12.5. The maximum Gasteiger partial charge on any atom is 0.226 e. The Morgan fingerprint density at radius 2 is 2.14 bits per heavy atom. The molecule has 1 aromatic rings. The van der Waals surface area contributed by atoms with Gasteiger partial charge in [0.15, 0.2) is 0 Å². The molecule has 4 nitrogen and oxygen atoms in total. The summed E-state index contributed by atoms with van der Waals surface area (Å²) >= 11 is 0. The van der Waals surface area contributed by atoms with Crippen molar-refractivity contribution in [3.63, 3.8) is 0 Å². The molecule has 1 amide bonds. The molecule has 4 heteroatoms. The predicted molar refractivity (Wildman–Crippen MR) is 84.5 cm³/mol. The SMILES string of the molecule is CCC1(C(=O)NCCc2cccc(OC)c2)CCNCC1. The standard InChI is InChI=1S/C17H26N2O2/c1-3-17(8-11-18-12-9-17)16(20)19-10-7-14-5-4-6-15(13-14)21-2/h4-6,13,18H,3,7-12H2,1-2H3,(H,19,20). The van der Waals surface area contributed by atoms with E-state index in [9.17, 15) is 4.79 Å². The number of carbonyl (C=O) groups excluding carboxylic acids is 1. The van der Waals surface area contributed by atoms with Gasteiger partial charge in [-0.15, -0.1) is 0 Å². The Labute approximate surface area is 127 Å². The monoisotopic (exact) mass is 290 g/mol. The molecule has 21 heavy (non-hydrogen) atoms. The molecule has 0 saturated carbocycles. The zero-order chi connectivity index (χ0) is 15.1. The van der Waals surface area contributed by atoms with Gasteiger partial charge in [-0.05, 0) is 56.5 Å². The van der Waals surface area contributed by atoms with Crippen molar-refractivity contribution < 1.29 is 9.53 Å². The van der Waals surface area contributed by atoms with Gasteiger partial charge in [-0.1, -0.05) is 19.1 Å². The summed E-state index contributed by atoms with van der Waals surface area (Å²) in [5, 5.41) is 6.45. The fraction of sp³-hybridized carbons (Fsp3) is 0.588. The van der Waals surface area contributed by atoms with Crippen molar-refractivity contribution in [1.82, 2.24) is 10.6 Å². The third-order valence-electron chi connectivity index (χ3n) is 4.55. The van der Waals surface area contributed by atoms with Gasteiger partial charge in [0.1, 0.15) is 5.75 Å². The Balaban J connectivity index is 1.85. The normalized spacial score (nSPS) is 17.2. The Hall–Kier alpha value is -1.55. The molecule has 2 rings (SSSR count). The maximum absolute atomic E-state index is 12.5. The average molecular weight is 290 g/mol. The molecule has 116 valence electrons. The number of hydrogen-bond donors (Lipinski definition) is 2. The van der Waals surface area contributed by atoms with Crippen molar-refractivity contribution >= 4 is 5.91 Å². The van der Waals surface area contributed by atoms with Crippen LogP contribution in [0.15, 0.2) is 24.3 Å². The molecule has 2 N–H and O–H groups in total. The van der Waals surface area contributed by atoms with Crippen LogP contribution in [-0.4, -0.2) is 32.7 Å². The van der Waals surface area contributed by atoms with E-state index in [-0.39, 0.29) is 11.3 Å². The van der Waals surface area contributed by atoms with E-state index in [4.69, 9.17) is 4.74 Å². The summed E-state index contributed by atoms with van der Waals surface area (Å²) in [6.07, 6.45) is 3.63. The molecule has 0 bridgehead atoms. The fourth-order valence-electron chi connectivity index (χ4n) is 2.98. The van der Waals surface area contributed by atoms with E-state index < -0.39 is 0 Å². The number of methoxy groups -OCH3 is 1. The summed E-state index contributed by atoms with van der Waals surface area (Å²) in [7, 11) is 1.67. The number of ether oxygens (including phenoxy) is 1. The third-order valence-corrected chi connectivity index (χ3v) is 4.55. The molecule has 0 unspecified atom stereocenters. The lowest BCUT2D eigenvalue weighted by Gasteiger charge is -2.35. The average Bonchev–Trinajstić information content (AvgIpc) is 2.55. The summed E-state index contributed by atoms with van der Waals surface area (Å²) < 4.78 is 5.22. The summed E-state index contributed by atoms with van der Waals surface area (Å²) in [6.45, 7) is 4.68. The summed E-state index contributed by atoms with van der Waals surface area (Å²) in [5.41, 5.74) is 1.02. The molecule has 0 spiro atoms. The van der Waals surface area contributed by atoms with Gasteiger partial charge in [0.25, 0.3) is 0 Å². The van der Waals surface area contributed by atoms with Gasteiger partial charge in [-0.3, -0.25) is 4.79 Å². The van der Waals surface area contributed by atoms with Gasteiger partial charge in [0.05, 0.1) is 12.5 Å². The van der Waals surface area contributed by atoms with Gasteiger partial charge < -0.3 is 15.4 Å². The molecule has 1 aliphatic rings. The minimum atomic E-state index is -0.167. The van der Waals surface area contributed by atoms with Crippen molar-refractivity contribution in [1.29, 1.82) is 0 Å². The van der Waals surface area contributed by atoms with Crippen LogP contribution in [0, 0.1) is 5.41 Å². The lowest BCUT2D eigenvalue weighted by atomic mass is 9.76. The second kappa shape index (κ2) is 7.46. The summed E-state index contributed by atoms with van der Waals surface area (Å²) in [4.78, 5) is 12.5. The number of benzene rings is 1. The molecule has 1 fully saturated rings. The number of nitrogens with one attached hydrogen (secondary N) is 2. The minimum Gasteiger partial charge on any atom is -0.497 e. The Morgan fingerprint density at radius 1 is 1.38 bits per heavy atom. The predicted octanol–water partition coefficient (Wildman–Crippen LogP) is 2.13. The first-order chi connectivity index (χ1) is 10.2. The van der Waals surface area contributed by atoms with E-state index in [0.29, 0.717) is 6.54 Å². The lowest BCUT2D eigenvalue weighted by Crippen LogP contribution is -2.47. The van der Waals surface area contributed by atoms with Crippen molar-refractivity contribution in [2.24, 2.45) is 5.41 Å². The molecule has 0 radical (unpaired) electrons. The van der Waals surface area contributed by atoms with Crippen LogP contribution in [0.3, 0.4) is 0 Å². The first-order valence-corrected chi connectivity index (χ1v) is 7.82. The highest BCUT2D eigenvalue weighted by Crippen LogP contribution is 2.32. The third kappa shape index (κ3) is 3.97. The van der Waals surface area contributed by atoms with Crippen molar-refractivity contribution in [3.8, 4) is 5.75 Å². The Morgan fingerprint density at radius 3 is 2.81 bits per heavy atom. The fourth-order valence-corrected chi connectivity index (χ4v) is 2.98. The smallest absolute Gasteiger partial charge is 0.226 e. The first kappa shape index (κ1) is 15.8. The minimum absolute atomic E-state index is 0.167. The van der Waals surface area contributed by atoms with E-state index in [1.165, 1.54) is 5.56 Å². The van der Waals surface area contributed by atoms with E-state index in [2.05, 4.69) is 23.6 Å². The summed E-state index contributed by atoms with van der Waals surface area (Å²) in [6, 6.07) is 8.00. The molecular weight excluding hydrogens is 264 g/mol. The molecular formula is C17H26N2O2. The van der Waals surface area contributed by atoms with Crippen LogP contribution in [0.5, 0.6) is 5.75 Å². The van der Waals surface area contributed by atoms with E-state index in [0.717, 1.165) is 44.5 Å². The number of hydrogen-bond acceptors (Lipinski definition) is 3. The molecule has 0 aromatic heterocycles. The highest BCUT2D eigenvalue weighted by molar-refractivity contribution is 5.82. The van der Waals surface area contributed by atoms with Gasteiger partial charge in [-0.25, -0.2) is 0 Å². The van der Waals surface area contributed by atoms with E-state index in [1.807, 2.05) is 18.2 Å². The largest absolute Gasteiger partial charge is 0.497 e. The quantitative estimate of drug-likeness (QED) is 0.844. The van der Waals surface area contributed by atoms with E-state index in [1.54, 1.807) is 7.11 Å². The lowest BCUT2D eigenvalue weighted by molar-refractivity contribution is -0.132. The molecule has 0 atom stereocenters. The second-order valence-corrected chi connectivity index (χ2v) is 5.74. The highest BCUT2D eigenvalue weighted by atomic mass is 16.5. The van der Waals surface area contributed by atoms with Gasteiger partial charge in [-0.2, -0.15) is 0 Å². The van der Waals surface area contributed by atoms with Crippen LogP contribution in [-0.2, 0) is 11.2 Å². The van der Waals surface area contributed by atoms with Crippen molar-refractivity contribution in [2.45, 2.75) is 32.6 Å². The molecule has 1 aromatic carbocycles. The summed E-state index contributed by atoms with van der Waals surface area (Å²) in [5.74, 6) is 1.08. The van der Waals surface area contributed by atoms with Crippen molar-refractivity contribution in [2.75, 3.05) is 26.7 Å². The Bertz CT molecular complexity index is 468. The van der Waals surface area contributed by atoms with Crippen LogP contribution in [0.4, 0.5) is 0 Å². The van der Waals surface area contributed by atoms with Crippen LogP contribution in [0.2, 0.25) is 0 Å². The van der Waals surface area contributed by atoms with Crippen LogP contribution in [0.1, 0.15) is 31.7 Å². The molecule has 1 saturated heterocycles. The number of amides is 1. The number of carbonyl (C=O) groups is 1. The number of rotatable bonds is 6. The topological polar surface area (TPSA) is 50.4 Å². The van der Waals surface area contributed by atoms with Gasteiger partial charge in [0, 0.05) is 6.54 Å². The molecule has 1 heterocycles. The van der Waals surface area contributed by atoms with Gasteiger partial charge >= 0.3 is 0 Å². The van der Waals surface area contributed by atoms with Gasteiger partial charge in [0.2, 0.25) is 5.91 Å².